The largest absolute Gasteiger partial charge is 0.489 e. The van der Waals surface area contributed by atoms with Crippen LogP contribution < -0.4 is 10.5 Å². The maximum absolute atomic E-state index is 6.10. The van der Waals surface area contributed by atoms with Crippen molar-refractivity contribution in [3.63, 3.8) is 0 Å². The third kappa shape index (κ3) is 2.77. The molecule has 2 nitrogen and oxygen atoms in total. The summed E-state index contributed by atoms with van der Waals surface area (Å²) < 4.78 is 5.78. The van der Waals surface area contributed by atoms with E-state index in [9.17, 15) is 0 Å². The van der Waals surface area contributed by atoms with Crippen LogP contribution in [0.3, 0.4) is 0 Å². The molecule has 2 N–H and O–H groups in total. The van der Waals surface area contributed by atoms with E-state index in [2.05, 4.69) is 13.0 Å². The van der Waals surface area contributed by atoms with Gasteiger partial charge < -0.3 is 10.5 Å². The summed E-state index contributed by atoms with van der Waals surface area (Å²) in [5, 5.41) is 0.639. The number of anilines is 1. The van der Waals surface area contributed by atoms with Gasteiger partial charge in [-0.15, -0.1) is 0 Å². The lowest BCUT2D eigenvalue weighted by Crippen LogP contribution is -2.02. The average molecular weight is 262 g/mol. The maximum Gasteiger partial charge on any atom is 0.122 e. The van der Waals surface area contributed by atoms with Gasteiger partial charge in [-0.2, -0.15) is 0 Å². The van der Waals surface area contributed by atoms with Gasteiger partial charge in [-0.3, -0.25) is 0 Å². The summed E-state index contributed by atoms with van der Waals surface area (Å²) >= 11 is 6.10. The first kappa shape index (κ1) is 12.8. The van der Waals surface area contributed by atoms with Gasteiger partial charge in [0.05, 0.1) is 0 Å². The lowest BCUT2D eigenvalue weighted by Gasteiger charge is -2.12. The standard InChI is InChI=1S/C15H16ClNO/c1-10-6-7-15(11(2)8-10)18-9-12-13(16)4-3-5-14(12)17/h3-8H,9,17H2,1-2H3. The fourth-order valence-electron chi connectivity index (χ4n) is 1.84. The molecule has 0 aliphatic carbocycles. The van der Waals surface area contributed by atoms with Gasteiger partial charge in [0.15, 0.2) is 0 Å². The van der Waals surface area contributed by atoms with Crippen molar-refractivity contribution in [2.45, 2.75) is 20.5 Å². The Hall–Kier alpha value is -1.67. The van der Waals surface area contributed by atoms with Crippen LogP contribution in [0.5, 0.6) is 5.75 Å². The van der Waals surface area contributed by atoms with Crippen LogP contribution in [0.2, 0.25) is 5.02 Å². The van der Waals surface area contributed by atoms with Gasteiger partial charge in [0.1, 0.15) is 12.4 Å². The molecular weight excluding hydrogens is 246 g/mol. The van der Waals surface area contributed by atoms with Gasteiger partial charge in [-0.25, -0.2) is 0 Å². The van der Waals surface area contributed by atoms with E-state index in [0.717, 1.165) is 16.9 Å². The van der Waals surface area contributed by atoms with E-state index >= 15 is 0 Å². The van der Waals surface area contributed by atoms with E-state index in [1.807, 2.05) is 37.3 Å². The third-order valence-corrected chi connectivity index (χ3v) is 3.21. The van der Waals surface area contributed by atoms with Crippen LogP contribution in [-0.4, -0.2) is 0 Å². The molecule has 0 amide bonds. The Labute approximate surface area is 112 Å². The average Bonchev–Trinajstić information content (AvgIpc) is 2.31. The van der Waals surface area contributed by atoms with Crippen LogP contribution in [0.25, 0.3) is 0 Å². The second-order valence-electron chi connectivity index (χ2n) is 4.37. The summed E-state index contributed by atoms with van der Waals surface area (Å²) in [4.78, 5) is 0. The van der Waals surface area contributed by atoms with Gasteiger partial charge in [-0.1, -0.05) is 35.4 Å². The molecule has 2 rings (SSSR count). The van der Waals surface area contributed by atoms with E-state index in [-0.39, 0.29) is 0 Å². The molecule has 0 fully saturated rings. The van der Waals surface area contributed by atoms with E-state index in [1.54, 1.807) is 0 Å². The Morgan fingerprint density at radius 1 is 1.17 bits per heavy atom. The first-order valence-electron chi connectivity index (χ1n) is 5.81. The SMILES string of the molecule is Cc1ccc(OCc2c(N)cccc2Cl)c(C)c1. The van der Waals surface area contributed by atoms with Crippen molar-refractivity contribution in [3.8, 4) is 5.75 Å². The van der Waals surface area contributed by atoms with Crippen LogP contribution in [0.4, 0.5) is 5.69 Å². The first-order valence-corrected chi connectivity index (χ1v) is 6.18. The number of hydrogen-bond acceptors (Lipinski definition) is 2. The molecule has 0 saturated carbocycles. The number of nitrogens with two attached hydrogens (primary N) is 1. The summed E-state index contributed by atoms with van der Waals surface area (Å²) in [5.74, 6) is 0.861. The summed E-state index contributed by atoms with van der Waals surface area (Å²) in [5.41, 5.74) is 9.71. The second-order valence-corrected chi connectivity index (χ2v) is 4.77. The summed E-state index contributed by atoms with van der Waals surface area (Å²) in [6.45, 7) is 4.47. The number of hydrogen-bond donors (Lipinski definition) is 1. The third-order valence-electron chi connectivity index (χ3n) is 2.86. The molecule has 0 saturated heterocycles. The molecule has 2 aromatic carbocycles. The molecular formula is C15H16ClNO. The predicted octanol–water partition coefficient (Wildman–Crippen LogP) is 4.12. The summed E-state index contributed by atoms with van der Waals surface area (Å²) in [6.07, 6.45) is 0. The minimum absolute atomic E-state index is 0.384. The lowest BCUT2D eigenvalue weighted by molar-refractivity contribution is 0.305. The second kappa shape index (κ2) is 5.32. The van der Waals surface area contributed by atoms with Crippen molar-refractivity contribution < 1.29 is 4.74 Å². The Morgan fingerprint density at radius 2 is 1.94 bits per heavy atom. The van der Waals surface area contributed by atoms with E-state index in [0.29, 0.717) is 17.3 Å². The van der Waals surface area contributed by atoms with Gasteiger partial charge >= 0.3 is 0 Å². The molecule has 0 radical (unpaired) electrons. The molecule has 0 unspecified atom stereocenters. The van der Waals surface area contributed by atoms with Gasteiger partial charge in [0, 0.05) is 16.3 Å². The normalized spacial score (nSPS) is 10.4. The Kier molecular flexibility index (Phi) is 3.78. The molecule has 0 aliphatic rings. The van der Waals surface area contributed by atoms with Gasteiger partial charge in [0.25, 0.3) is 0 Å². The molecule has 0 bridgehead atoms. The predicted molar refractivity (Wildman–Crippen MR) is 76.1 cm³/mol. The number of halogens is 1. The monoisotopic (exact) mass is 261 g/mol. The molecule has 3 heteroatoms. The Balaban J connectivity index is 2.16. The number of ether oxygens (including phenoxy) is 1. The lowest BCUT2D eigenvalue weighted by atomic mass is 10.1. The molecule has 0 spiro atoms. The van der Waals surface area contributed by atoms with Crippen molar-refractivity contribution >= 4 is 17.3 Å². The minimum Gasteiger partial charge on any atom is -0.489 e. The van der Waals surface area contributed by atoms with Crippen LogP contribution in [0, 0.1) is 13.8 Å². The highest BCUT2D eigenvalue weighted by Crippen LogP contribution is 2.25. The quantitative estimate of drug-likeness (QED) is 0.844. The summed E-state index contributed by atoms with van der Waals surface area (Å²) in [7, 11) is 0. The topological polar surface area (TPSA) is 35.2 Å². The Bertz CT molecular complexity index is 546. The molecule has 0 atom stereocenters. The Morgan fingerprint density at radius 3 is 2.61 bits per heavy atom. The number of nitrogen functional groups attached to an aromatic ring is 1. The number of benzene rings is 2. The fourth-order valence-corrected chi connectivity index (χ4v) is 2.08. The first-order chi connectivity index (χ1) is 8.58. The highest BCUT2D eigenvalue weighted by molar-refractivity contribution is 6.31. The van der Waals surface area contributed by atoms with Crippen LogP contribution in [-0.2, 0) is 6.61 Å². The van der Waals surface area contributed by atoms with Crippen molar-refractivity contribution in [2.75, 3.05) is 5.73 Å². The van der Waals surface area contributed by atoms with Crippen molar-refractivity contribution in [1.29, 1.82) is 0 Å². The highest BCUT2D eigenvalue weighted by Gasteiger charge is 2.06. The zero-order chi connectivity index (χ0) is 13.1. The minimum atomic E-state index is 0.384. The number of aryl methyl sites for hydroxylation is 2. The van der Waals surface area contributed by atoms with Gasteiger partial charge in [0.2, 0.25) is 0 Å². The zero-order valence-electron chi connectivity index (χ0n) is 10.5. The van der Waals surface area contributed by atoms with Crippen molar-refractivity contribution in [2.24, 2.45) is 0 Å². The van der Waals surface area contributed by atoms with E-state index in [1.165, 1.54) is 5.56 Å². The zero-order valence-corrected chi connectivity index (χ0v) is 11.3. The van der Waals surface area contributed by atoms with Crippen LogP contribution >= 0.6 is 11.6 Å². The molecule has 0 aromatic heterocycles. The molecule has 0 heterocycles. The van der Waals surface area contributed by atoms with E-state index in [4.69, 9.17) is 22.1 Å². The fraction of sp³-hybridized carbons (Fsp3) is 0.200. The molecule has 0 aliphatic heterocycles. The van der Waals surface area contributed by atoms with Crippen LogP contribution in [0.15, 0.2) is 36.4 Å². The smallest absolute Gasteiger partial charge is 0.122 e. The van der Waals surface area contributed by atoms with Gasteiger partial charge in [-0.05, 0) is 37.6 Å². The van der Waals surface area contributed by atoms with Crippen molar-refractivity contribution in [3.05, 3.63) is 58.1 Å². The molecule has 94 valence electrons. The number of rotatable bonds is 3. The highest BCUT2D eigenvalue weighted by atomic mass is 35.5. The van der Waals surface area contributed by atoms with Crippen LogP contribution in [0.1, 0.15) is 16.7 Å². The van der Waals surface area contributed by atoms with E-state index < -0.39 is 0 Å². The molecule has 18 heavy (non-hydrogen) atoms. The molecule has 2 aromatic rings. The maximum atomic E-state index is 6.10. The van der Waals surface area contributed by atoms with Crippen molar-refractivity contribution in [1.82, 2.24) is 0 Å². The summed E-state index contributed by atoms with van der Waals surface area (Å²) in [6, 6.07) is 11.6.